The Morgan fingerprint density at radius 1 is 1.56 bits per heavy atom. The van der Waals surface area contributed by atoms with Crippen LogP contribution in [0, 0.1) is 0 Å². The molecule has 0 aromatic heterocycles. The standard InChI is InChI=1S/C13H15NO2/c1-3-13(15)14-8-12-9(2)10-6-4-5-7-11(10)16-12/h3-7,9,12H,1,8H2,2H3,(H,14,15)/t9-,12-/m0/s1. The van der Waals surface area contributed by atoms with Crippen molar-refractivity contribution in [2.45, 2.75) is 18.9 Å². The maximum atomic E-state index is 11.1. The van der Waals surface area contributed by atoms with Crippen LogP contribution in [0.25, 0.3) is 0 Å². The van der Waals surface area contributed by atoms with Gasteiger partial charge in [0.05, 0.1) is 6.54 Å². The molecule has 2 atom stereocenters. The van der Waals surface area contributed by atoms with Gasteiger partial charge >= 0.3 is 0 Å². The predicted molar refractivity (Wildman–Crippen MR) is 62.5 cm³/mol. The molecule has 0 radical (unpaired) electrons. The Morgan fingerprint density at radius 2 is 2.31 bits per heavy atom. The van der Waals surface area contributed by atoms with Crippen molar-refractivity contribution in [1.82, 2.24) is 5.32 Å². The second kappa shape index (κ2) is 4.39. The summed E-state index contributed by atoms with van der Waals surface area (Å²) >= 11 is 0. The van der Waals surface area contributed by atoms with Crippen molar-refractivity contribution in [2.24, 2.45) is 0 Å². The molecule has 0 saturated heterocycles. The van der Waals surface area contributed by atoms with Gasteiger partial charge in [0.2, 0.25) is 5.91 Å². The van der Waals surface area contributed by atoms with Gasteiger partial charge in [-0.2, -0.15) is 0 Å². The van der Waals surface area contributed by atoms with Crippen molar-refractivity contribution < 1.29 is 9.53 Å². The molecule has 1 aromatic rings. The van der Waals surface area contributed by atoms with Gasteiger partial charge in [-0.25, -0.2) is 0 Å². The number of ether oxygens (including phenoxy) is 1. The molecule has 0 unspecified atom stereocenters. The quantitative estimate of drug-likeness (QED) is 0.785. The van der Waals surface area contributed by atoms with Crippen LogP contribution in [-0.2, 0) is 4.79 Å². The van der Waals surface area contributed by atoms with Crippen LogP contribution in [-0.4, -0.2) is 18.6 Å². The van der Waals surface area contributed by atoms with Crippen LogP contribution in [0.2, 0.25) is 0 Å². The summed E-state index contributed by atoms with van der Waals surface area (Å²) in [4.78, 5) is 11.1. The molecule has 1 amide bonds. The molecule has 0 fully saturated rings. The molecule has 16 heavy (non-hydrogen) atoms. The zero-order valence-corrected chi connectivity index (χ0v) is 9.27. The molecule has 1 N–H and O–H groups in total. The van der Waals surface area contributed by atoms with E-state index in [1.165, 1.54) is 11.6 Å². The van der Waals surface area contributed by atoms with Crippen LogP contribution in [0.5, 0.6) is 5.75 Å². The summed E-state index contributed by atoms with van der Waals surface area (Å²) < 4.78 is 5.77. The van der Waals surface area contributed by atoms with Crippen molar-refractivity contribution in [1.29, 1.82) is 0 Å². The third-order valence-corrected chi connectivity index (χ3v) is 2.91. The van der Waals surface area contributed by atoms with Crippen LogP contribution in [0.3, 0.4) is 0 Å². The first kappa shape index (κ1) is 10.7. The number of fused-ring (bicyclic) bond motifs is 1. The minimum absolute atomic E-state index is 0.0151. The highest BCUT2D eigenvalue weighted by molar-refractivity contribution is 5.86. The number of hydrogen-bond acceptors (Lipinski definition) is 2. The van der Waals surface area contributed by atoms with Gasteiger partial charge in [0, 0.05) is 11.5 Å². The van der Waals surface area contributed by atoms with E-state index in [0.29, 0.717) is 12.5 Å². The zero-order chi connectivity index (χ0) is 11.5. The van der Waals surface area contributed by atoms with Crippen LogP contribution < -0.4 is 10.1 Å². The summed E-state index contributed by atoms with van der Waals surface area (Å²) in [6.45, 7) is 6.03. The SMILES string of the molecule is C=CC(=O)NC[C@@H]1Oc2ccccc2[C@@H]1C. The lowest BCUT2D eigenvalue weighted by molar-refractivity contribution is -0.116. The lowest BCUT2D eigenvalue weighted by atomic mass is 9.98. The number of rotatable bonds is 3. The van der Waals surface area contributed by atoms with Crippen molar-refractivity contribution in [3.8, 4) is 5.75 Å². The zero-order valence-electron chi connectivity index (χ0n) is 9.27. The summed E-state index contributed by atoms with van der Waals surface area (Å²) in [6, 6.07) is 7.98. The summed E-state index contributed by atoms with van der Waals surface area (Å²) in [5.74, 6) is 1.07. The molecule has 0 aliphatic carbocycles. The third kappa shape index (κ3) is 1.94. The van der Waals surface area contributed by atoms with Gasteiger partial charge in [0.25, 0.3) is 0 Å². The predicted octanol–water partition coefficient (Wildman–Crippen LogP) is 1.85. The van der Waals surface area contributed by atoms with Gasteiger partial charge in [-0.1, -0.05) is 31.7 Å². The van der Waals surface area contributed by atoms with Crippen molar-refractivity contribution in [2.75, 3.05) is 6.54 Å². The Balaban J connectivity index is 2.01. The molecule has 1 aromatic carbocycles. The Hall–Kier alpha value is -1.77. The molecule has 3 nitrogen and oxygen atoms in total. The van der Waals surface area contributed by atoms with E-state index in [1.807, 2.05) is 18.2 Å². The molecule has 84 valence electrons. The van der Waals surface area contributed by atoms with Crippen LogP contribution in [0.4, 0.5) is 0 Å². The number of carbonyl (C=O) groups excluding carboxylic acids is 1. The summed E-state index contributed by atoms with van der Waals surface area (Å²) in [5, 5.41) is 2.76. The molecular formula is C13H15NO2. The minimum atomic E-state index is -0.160. The summed E-state index contributed by atoms with van der Waals surface area (Å²) in [7, 11) is 0. The van der Waals surface area contributed by atoms with Crippen LogP contribution in [0.15, 0.2) is 36.9 Å². The largest absolute Gasteiger partial charge is 0.488 e. The van der Waals surface area contributed by atoms with Crippen LogP contribution >= 0.6 is 0 Å². The van der Waals surface area contributed by atoms with E-state index in [1.54, 1.807) is 0 Å². The highest BCUT2D eigenvalue weighted by Crippen LogP contribution is 2.37. The number of benzene rings is 1. The Bertz CT molecular complexity index is 414. The van der Waals surface area contributed by atoms with Crippen molar-refractivity contribution in [3.63, 3.8) is 0 Å². The molecule has 0 bridgehead atoms. The normalized spacial score (nSPS) is 22.1. The number of carbonyl (C=O) groups is 1. The number of nitrogens with one attached hydrogen (secondary N) is 1. The average molecular weight is 217 g/mol. The molecule has 2 rings (SSSR count). The smallest absolute Gasteiger partial charge is 0.243 e. The fraction of sp³-hybridized carbons (Fsp3) is 0.308. The Morgan fingerprint density at radius 3 is 3.00 bits per heavy atom. The molecule has 3 heteroatoms. The topological polar surface area (TPSA) is 38.3 Å². The lowest BCUT2D eigenvalue weighted by Gasteiger charge is -2.15. The lowest BCUT2D eigenvalue weighted by Crippen LogP contribution is -2.34. The summed E-state index contributed by atoms with van der Waals surface area (Å²) in [5.41, 5.74) is 1.21. The first-order valence-corrected chi connectivity index (χ1v) is 5.38. The van der Waals surface area contributed by atoms with Crippen molar-refractivity contribution >= 4 is 5.91 Å². The Labute approximate surface area is 95.1 Å². The van der Waals surface area contributed by atoms with E-state index in [2.05, 4.69) is 24.9 Å². The highest BCUT2D eigenvalue weighted by atomic mass is 16.5. The van der Waals surface area contributed by atoms with E-state index in [4.69, 9.17) is 4.74 Å². The molecule has 0 saturated carbocycles. The molecular weight excluding hydrogens is 202 g/mol. The van der Waals surface area contributed by atoms with Gasteiger partial charge in [0.15, 0.2) is 0 Å². The van der Waals surface area contributed by atoms with Gasteiger partial charge < -0.3 is 10.1 Å². The third-order valence-electron chi connectivity index (χ3n) is 2.91. The first-order chi connectivity index (χ1) is 7.72. The fourth-order valence-electron chi connectivity index (χ4n) is 1.92. The van der Waals surface area contributed by atoms with Gasteiger partial charge in [0.1, 0.15) is 11.9 Å². The molecule has 1 aliphatic rings. The Kier molecular flexibility index (Phi) is 2.95. The number of hydrogen-bond donors (Lipinski definition) is 1. The summed E-state index contributed by atoms with van der Waals surface area (Å²) in [6.07, 6.45) is 1.29. The van der Waals surface area contributed by atoms with Gasteiger partial charge in [-0.15, -0.1) is 0 Å². The number of para-hydroxylation sites is 1. The van der Waals surface area contributed by atoms with Gasteiger partial charge in [-0.05, 0) is 12.1 Å². The maximum Gasteiger partial charge on any atom is 0.243 e. The molecule has 1 aliphatic heterocycles. The fourth-order valence-corrected chi connectivity index (χ4v) is 1.92. The second-order valence-electron chi connectivity index (χ2n) is 3.93. The van der Waals surface area contributed by atoms with Crippen molar-refractivity contribution in [3.05, 3.63) is 42.5 Å². The van der Waals surface area contributed by atoms with E-state index >= 15 is 0 Å². The highest BCUT2D eigenvalue weighted by Gasteiger charge is 2.30. The second-order valence-corrected chi connectivity index (χ2v) is 3.93. The molecule has 1 heterocycles. The minimum Gasteiger partial charge on any atom is -0.488 e. The monoisotopic (exact) mass is 217 g/mol. The van der Waals surface area contributed by atoms with Crippen LogP contribution in [0.1, 0.15) is 18.4 Å². The average Bonchev–Trinajstić information content (AvgIpc) is 2.64. The van der Waals surface area contributed by atoms with E-state index in [-0.39, 0.29) is 12.0 Å². The van der Waals surface area contributed by atoms with E-state index in [9.17, 15) is 4.79 Å². The first-order valence-electron chi connectivity index (χ1n) is 5.38. The number of amides is 1. The van der Waals surface area contributed by atoms with Gasteiger partial charge in [-0.3, -0.25) is 4.79 Å². The van der Waals surface area contributed by atoms with E-state index in [0.717, 1.165) is 5.75 Å². The maximum absolute atomic E-state index is 11.1. The van der Waals surface area contributed by atoms with E-state index < -0.39 is 0 Å². The molecule has 0 spiro atoms.